The van der Waals surface area contributed by atoms with E-state index in [4.69, 9.17) is 12.4 Å². The van der Waals surface area contributed by atoms with Gasteiger partial charge in [0.1, 0.15) is 0 Å². The molecule has 0 rings (SSSR count). The Balaban J connectivity index is 3.82. The molecule has 0 aliphatic rings. The zero-order valence-corrected chi connectivity index (χ0v) is 7.59. The van der Waals surface area contributed by atoms with Gasteiger partial charge in [-0.2, -0.15) is 0 Å². The third-order valence-corrected chi connectivity index (χ3v) is 2.26. The van der Waals surface area contributed by atoms with Gasteiger partial charge in [-0.15, -0.1) is 0 Å². The molecule has 0 saturated carbocycles. The molecule has 0 bridgehead atoms. The molecule has 0 fully saturated rings. The topological polar surface area (TPSA) is 13.6 Å². The molecule has 4 atom stereocenters. The van der Waals surface area contributed by atoms with Gasteiger partial charge in [-0.3, -0.25) is 0 Å². The van der Waals surface area contributed by atoms with Gasteiger partial charge in [-0.25, -0.2) is 6.57 Å². The van der Waals surface area contributed by atoms with Crippen LogP contribution in [0.15, 0.2) is 0 Å². The van der Waals surface area contributed by atoms with Gasteiger partial charge in [0.25, 0.3) is 0 Å². The highest BCUT2D eigenvalue weighted by atomic mass is 31.0. The molecule has 0 radical (unpaired) electrons. The van der Waals surface area contributed by atoms with Crippen molar-refractivity contribution in [1.29, 1.82) is 1.28 Å². The second-order valence-corrected chi connectivity index (χ2v) is 2.79. The Hall–Kier alpha value is -0.120. The van der Waals surface area contributed by atoms with Crippen LogP contribution in [0.25, 0.3) is 4.85 Å². The zero-order chi connectivity index (χ0) is 8.85. The molecule has 0 aromatic rings. The van der Waals surface area contributed by atoms with E-state index in [0.717, 1.165) is 0 Å². The monoisotopic (exact) mass is 161 g/mol. The summed E-state index contributed by atoms with van der Waals surface area (Å²) in [6.45, 7) is 12.6. The molecule has 3 heteroatoms. The number of hydrogen-bond donors (Lipinski definition) is 0. The molecule has 2 unspecified atom stereocenters. The molecule has 0 amide bonds. The first kappa shape index (κ1) is 7.98. The maximum Gasteiger partial charge on any atom is 0.225 e. The van der Waals surface area contributed by atoms with Crippen molar-refractivity contribution in [3.8, 4) is 0 Å². The minimum Gasteiger partial charge on any atom is -0.362 e. The molecular weight excluding hydrogens is 145 g/mol. The first-order valence-electron chi connectivity index (χ1n) is 3.82. The Bertz CT molecular complexity index is 148. The average Bonchev–Trinajstić information content (AvgIpc) is 2.02. The van der Waals surface area contributed by atoms with Crippen LogP contribution in [-0.2, 0) is 4.52 Å². The van der Waals surface area contributed by atoms with Crippen LogP contribution in [0.4, 0.5) is 0 Å². The van der Waals surface area contributed by atoms with E-state index in [1.54, 1.807) is 0 Å². The lowest BCUT2D eigenvalue weighted by molar-refractivity contribution is 0.183. The number of nitrogens with zero attached hydrogens (tertiary/aromatic N) is 1. The van der Waals surface area contributed by atoms with E-state index >= 15 is 0 Å². The first-order valence-corrected chi connectivity index (χ1v) is 3.73. The lowest BCUT2D eigenvalue weighted by atomic mass is 9.99. The molecule has 0 N–H and O–H groups in total. The fourth-order valence-corrected chi connectivity index (χ4v) is 0.832. The SMILES string of the molecule is [3H]PO[C@@H](C)[C@H](C)C(C)[N+]#[C-]. The van der Waals surface area contributed by atoms with Crippen LogP contribution in [0.5, 0.6) is 0 Å². The molecule has 2 nitrogen and oxygen atoms in total. The predicted molar refractivity (Wildman–Crippen MR) is 45.5 cm³/mol. The van der Waals surface area contributed by atoms with Gasteiger partial charge in [0.05, 0.1) is 13.3 Å². The summed E-state index contributed by atoms with van der Waals surface area (Å²) >= 11 is 0. The molecule has 10 heavy (non-hydrogen) atoms. The van der Waals surface area contributed by atoms with E-state index < -0.39 is 0 Å². The highest BCUT2D eigenvalue weighted by molar-refractivity contribution is 7.09. The van der Waals surface area contributed by atoms with Crippen LogP contribution in [0, 0.1) is 12.5 Å². The minimum absolute atomic E-state index is 0.0126. The maximum absolute atomic E-state index is 6.85. The van der Waals surface area contributed by atoms with Crippen molar-refractivity contribution in [2.75, 3.05) is 0 Å². The van der Waals surface area contributed by atoms with Gasteiger partial charge < -0.3 is 9.37 Å². The largest absolute Gasteiger partial charge is 0.362 e. The summed E-state index contributed by atoms with van der Waals surface area (Å²) in [5.41, 5.74) is 0. The molecule has 0 aromatic carbocycles. The molecule has 0 spiro atoms. The maximum atomic E-state index is 6.85. The van der Waals surface area contributed by atoms with Crippen LogP contribution in [-0.4, -0.2) is 13.4 Å². The second-order valence-electron chi connectivity index (χ2n) is 2.55. The fraction of sp³-hybridized carbons (Fsp3) is 0.857. The van der Waals surface area contributed by atoms with E-state index in [0.29, 0.717) is 0 Å². The molecule has 58 valence electrons. The summed E-state index contributed by atoms with van der Waals surface area (Å²) in [6.07, 6.45) is 0.0231. The number of hydrogen-bond acceptors (Lipinski definition) is 1. The molecule has 0 heterocycles. The molecule has 0 aliphatic carbocycles. The van der Waals surface area contributed by atoms with Crippen LogP contribution < -0.4 is 0 Å². The molecular formula is C7H14NOP. The smallest absolute Gasteiger partial charge is 0.225 e. The van der Waals surface area contributed by atoms with E-state index in [1.807, 2.05) is 20.8 Å². The average molecular weight is 161 g/mol. The minimum atomic E-state index is -0.228. The summed E-state index contributed by atoms with van der Waals surface area (Å²) in [6, 6.07) is -0.0126. The fourth-order valence-electron chi connectivity index (χ4n) is 0.617. The molecule has 0 aromatic heterocycles. The Morgan fingerprint density at radius 2 is 2.20 bits per heavy atom. The first-order chi connectivity index (χ1) is 5.13. The van der Waals surface area contributed by atoms with Crippen molar-refractivity contribution in [3.05, 3.63) is 11.4 Å². The van der Waals surface area contributed by atoms with E-state index in [2.05, 4.69) is 4.85 Å². The van der Waals surface area contributed by atoms with Crippen LogP contribution in [0.2, 0.25) is 0 Å². The molecule has 0 aliphatic heterocycles. The van der Waals surface area contributed by atoms with E-state index in [1.165, 1.54) is 0 Å². The number of rotatable bonds is 4. The predicted octanol–water partition coefficient (Wildman–Crippen LogP) is 2.13. The summed E-state index contributed by atoms with van der Waals surface area (Å²) in [5.74, 6) is 0.213. The van der Waals surface area contributed by atoms with Crippen molar-refractivity contribution < 1.29 is 4.52 Å². The Morgan fingerprint density at radius 1 is 1.60 bits per heavy atom. The quantitative estimate of drug-likeness (QED) is 0.455. The van der Waals surface area contributed by atoms with Crippen molar-refractivity contribution in [3.63, 3.8) is 0 Å². The van der Waals surface area contributed by atoms with Gasteiger partial charge in [0.2, 0.25) is 6.04 Å². The van der Waals surface area contributed by atoms with Crippen LogP contribution in [0.1, 0.15) is 20.8 Å². The van der Waals surface area contributed by atoms with Crippen molar-refractivity contribution in [1.82, 2.24) is 0 Å². The van der Waals surface area contributed by atoms with Gasteiger partial charge in [0.15, 0.2) is 0 Å². The van der Waals surface area contributed by atoms with Crippen molar-refractivity contribution >= 4 is 9.41 Å². The Kier molecular flexibility index (Phi) is 3.72. The third kappa shape index (κ3) is 2.64. The van der Waals surface area contributed by atoms with E-state index in [9.17, 15) is 0 Å². The summed E-state index contributed by atoms with van der Waals surface area (Å²) in [4.78, 5) is 3.40. The van der Waals surface area contributed by atoms with Crippen molar-refractivity contribution in [2.24, 2.45) is 5.92 Å². The normalized spacial score (nSPS) is 21.6. The second kappa shape index (κ2) is 4.66. The van der Waals surface area contributed by atoms with E-state index in [-0.39, 0.29) is 27.5 Å². The third-order valence-electron chi connectivity index (χ3n) is 1.89. The summed E-state index contributed by atoms with van der Waals surface area (Å²) in [5, 5.41) is 0. The van der Waals surface area contributed by atoms with Crippen LogP contribution in [0.3, 0.4) is 0 Å². The summed E-state index contributed by atoms with van der Waals surface area (Å²) in [7, 11) is -0.228. The van der Waals surface area contributed by atoms with Gasteiger partial charge in [-0.05, 0) is 6.92 Å². The zero-order valence-electron chi connectivity index (χ0n) is 7.59. The highest BCUT2D eigenvalue weighted by Crippen LogP contribution is 2.15. The lowest BCUT2D eigenvalue weighted by Crippen LogP contribution is -2.22. The highest BCUT2D eigenvalue weighted by Gasteiger charge is 2.22. The Morgan fingerprint density at radius 3 is 2.60 bits per heavy atom. The van der Waals surface area contributed by atoms with Gasteiger partial charge >= 0.3 is 0 Å². The van der Waals surface area contributed by atoms with Crippen molar-refractivity contribution in [2.45, 2.75) is 32.9 Å². The standard InChI is InChI=1S/C7H14NOP/c1-5(6(2)8-4)7(3)9-10/h5-7H,10H2,1-3H3/t5-,6?,7+/m1/s1/i10T/t5-,6?,7+,10?. The van der Waals surface area contributed by atoms with Crippen LogP contribution >= 0.6 is 9.41 Å². The Labute approximate surface area is 66.3 Å². The van der Waals surface area contributed by atoms with Gasteiger partial charge in [0, 0.05) is 16.3 Å². The lowest BCUT2D eigenvalue weighted by Gasteiger charge is -2.16. The van der Waals surface area contributed by atoms with Gasteiger partial charge in [-0.1, -0.05) is 6.92 Å². The molecule has 0 saturated heterocycles. The summed E-state index contributed by atoms with van der Waals surface area (Å²) < 4.78 is 11.9.